The molecule has 0 aliphatic rings. The molecule has 2 atom stereocenters. The molecule has 0 spiro atoms. The van der Waals surface area contributed by atoms with Gasteiger partial charge in [-0.05, 0) is 34.6 Å². The van der Waals surface area contributed by atoms with E-state index in [1.54, 1.807) is 35.0 Å². The minimum Gasteiger partial charge on any atom is -0.381 e. The highest BCUT2D eigenvalue weighted by atomic mass is 127. The van der Waals surface area contributed by atoms with Crippen LogP contribution in [0, 0.1) is 5.41 Å². The number of primary amides is 1. The first-order valence-corrected chi connectivity index (χ1v) is 8.01. The molecule has 2 unspecified atom stereocenters. The highest BCUT2D eigenvalue weighted by molar-refractivity contribution is 14.1. The molecule has 0 fully saturated rings. The van der Waals surface area contributed by atoms with Gasteiger partial charge in [-0.1, -0.05) is 30.3 Å². The van der Waals surface area contributed by atoms with Crippen molar-refractivity contribution in [2.24, 2.45) is 5.73 Å². The third-order valence-electron chi connectivity index (χ3n) is 3.10. The van der Waals surface area contributed by atoms with Gasteiger partial charge in [0.05, 0.1) is 13.1 Å². The number of carbonyl (C=O) groups is 2. The van der Waals surface area contributed by atoms with Crippen LogP contribution in [0.2, 0.25) is 0 Å². The van der Waals surface area contributed by atoms with Gasteiger partial charge in [-0.2, -0.15) is 0 Å². The largest absolute Gasteiger partial charge is 0.381 e. The van der Waals surface area contributed by atoms with Crippen molar-refractivity contribution in [3.05, 3.63) is 47.7 Å². The number of benzene rings is 1. The van der Waals surface area contributed by atoms with Crippen molar-refractivity contribution in [1.82, 2.24) is 5.32 Å². The molecule has 1 aromatic carbocycles. The van der Waals surface area contributed by atoms with Crippen molar-refractivity contribution in [3.63, 3.8) is 0 Å². The fraction of sp³-hybridized carbons (Fsp3) is 0.267. The molecule has 0 bridgehead atoms. The lowest BCUT2D eigenvalue weighted by atomic mass is 10.0. The number of aliphatic hydroxyl groups excluding tert-OH is 1. The Bertz CT molecular complexity index is 604. The number of aliphatic hydroxyl groups is 1. The van der Waals surface area contributed by atoms with Gasteiger partial charge in [0.15, 0.2) is 6.10 Å². The van der Waals surface area contributed by atoms with E-state index in [9.17, 15) is 14.7 Å². The van der Waals surface area contributed by atoms with Crippen LogP contribution in [-0.4, -0.2) is 39.8 Å². The van der Waals surface area contributed by atoms with Gasteiger partial charge < -0.3 is 21.5 Å². The van der Waals surface area contributed by atoms with E-state index >= 15 is 0 Å². The topological polar surface area (TPSA) is 133 Å². The van der Waals surface area contributed by atoms with Crippen molar-refractivity contribution in [2.45, 2.75) is 18.6 Å². The molecule has 0 heterocycles. The Morgan fingerprint density at radius 2 is 2.04 bits per heavy atom. The summed E-state index contributed by atoms with van der Waals surface area (Å²) in [4.78, 5) is 23.6. The second-order valence-corrected chi connectivity index (χ2v) is 5.92. The Hall–Kier alpha value is -1.78. The van der Waals surface area contributed by atoms with E-state index in [-0.39, 0.29) is 15.7 Å². The van der Waals surface area contributed by atoms with Crippen molar-refractivity contribution in [3.8, 4) is 0 Å². The Morgan fingerprint density at radius 3 is 2.52 bits per heavy atom. The van der Waals surface area contributed by atoms with Crippen LogP contribution in [-0.2, 0) is 16.0 Å². The molecule has 0 aliphatic carbocycles. The SMILES string of the molecule is C[NH2+]C=C(C(=N)I)C(=O)NC(Cc1ccccc1)C(O)C(N)=O. The summed E-state index contributed by atoms with van der Waals surface area (Å²) in [7, 11) is 1.73. The Balaban J connectivity index is 2.97. The molecule has 0 saturated carbocycles. The lowest BCUT2D eigenvalue weighted by Crippen LogP contribution is -2.73. The minimum absolute atomic E-state index is 0.0604. The summed E-state index contributed by atoms with van der Waals surface area (Å²) < 4.78 is 0.0604. The van der Waals surface area contributed by atoms with Gasteiger partial charge in [-0.3, -0.25) is 15.0 Å². The zero-order chi connectivity index (χ0) is 17.4. The molecule has 2 amide bonds. The van der Waals surface area contributed by atoms with Crippen molar-refractivity contribution in [2.75, 3.05) is 7.05 Å². The predicted octanol–water partition coefficient (Wildman–Crippen LogP) is -0.951. The molecular formula is C15H20IN4O3+. The lowest BCUT2D eigenvalue weighted by molar-refractivity contribution is -0.556. The average molecular weight is 431 g/mol. The Morgan fingerprint density at radius 1 is 1.43 bits per heavy atom. The molecule has 0 aromatic heterocycles. The number of nitrogens with two attached hydrogens (primary N) is 2. The van der Waals surface area contributed by atoms with E-state index in [1.165, 1.54) is 6.20 Å². The van der Waals surface area contributed by atoms with Crippen LogP contribution in [0.4, 0.5) is 0 Å². The van der Waals surface area contributed by atoms with E-state index in [0.29, 0.717) is 0 Å². The molecule has 8 heteroatoms. The van der Waals surface area contributed by atoms with Crippen molar-refractivity contribution < 1.29 is 20.0 Å². The molecule has 7 N–H and O–H groups in total. The van der Waals surface area contributed by atoms with Crippen molar-refractivity contribution >= 4 is 38.1 Å². The average Bonchev–Trinajstić information content (AvgIpc) is 2.51. The van der Waals surface area contributed by atoms with Crippen molar-refractivity contribution in [1.29, 1.82) is 5.41 Å². The summed E-state index contributed by atoms with van der Waals surface area (Å²) in [5.74, 6) is -1.45. The van der Waals surface area contributed by atoms with Gasteiger partial charge >= 0.3 is 0 Å². The fourth-order valence-corrected chi connectivity index (χ4v) is 2.39. The number of rotatable bonds is 8. The van der Waals surface area contributed by atoms with Gasteiger partial charge in [0.25, 0.3) is 5.91 Å². The maximum absolute atomic E-state index is 12.3. The van der Waals surface area contributed by atoms with Gasteiger partial charge in [0, 0.05) is 0 Å². The smallest absolute Gasteiger partial charge is 0.259 e. The molecule has 1 aromatic rings. The zero-order valence-corrected chi connectivity index (χ0v) is 14.8. The number of amides is 2. The number of hydrogen-bond donors (Lipinski definition) is 5. The number of quaternary nitrogens is 1. The van der Waals surface area contributed by atoms with Gasteiger partial charge in [-0.25, -0.2) is 0 Å². The van der Waals surface area contributed by atoms with E-state index in [1.807, 2.05) is 30.3 Å². The molecule has 0 radical (unpaired) electrons. The number of hydrogen-bond acceptors (Lipinski definition) is 4. The van der Waals surface area contributed by atoms with Crippen LogP contribution in [0.25, 0.3) is 0 Å². The number of nitrogens with one attached hydrogen (secondary N) is 2. The van der Waals surface area contributed by atoms with Crippen LogP contribution in [0.3, 0.4) is 0 Å². The molecule has 23 heavy (non-hydrogen) atoms. The Kier molecular flexibility index (Phi) is 7.86. The van der Waals surface area contributed by atoms with Crippen LogP contribution in [0.5, 0.6) is 0 Å². The summed E-state index contributed by atoms with van der Waals surface area (Å²) in [5, 5.41) is 21.8. The van der Waals surface area contributed by atoms with Crippen LogP contribution in [0.1, 0.15) is 5.56 Å². The molecule has 7 nitrogen and oxygen atoms in total. The van der Waals surface area contributed by atoms with Crippen LogP contribution in [0.15, 0.2) is 42.1 Å². The van der Waals surface area contributed by atoms with Gasteiger partial charge in [0.1, 0.15) is 15.5 Å². The van der Waals surface area contributed by atoms with Crippen LogP contribution < -0.4 is 16.4 Å². The Labute approximate surface area is 148 Å². The highest BCUT2D eigenvalue weighted by Crippen LogP contribution is 2.09. The maximum atomic E-state index is 12.3. The predicted molar refractivity (Wildman–Crippen MR) is 95.0 cm³/mol. The van der Waals surface area contributed by atoms with E-state index in [2.05, 4.69) is 5.32 Å². The third-order valence-corrected chi connectivity index (χ3v) is 3.68. The third kappa shape index (κ3) is 6.08. The summed E-state index contributed by atoms with van der Waals surface area (Å²) >= 11 is 1.72. The normalized spacial score (nSPS) is 14.0. The standard InChI is InChI=1S/C15H19IN4O3/c1-19-8-10(13(16)17)15(23)20-11(12(21)14(18)22)7-9-5-3-2-4-6-9/h2-6,8,11-12,17,19,21H,7H2,1H3,(H2,18,22)(H,20,23)/p+1. The minimum atomic E-state index is -1.52. The summed E-state index contributed by atoms with van der Waals surface area (Å²) in [6.45, 7) is 0. The first-order chi connectivity index (χ1) is 10.9. The van der Waals surface area contributed by atoms with Gasteiger partial charge in [-0.15, -0.1) is 0 Å². The molecular weight excluding hydrogens is 411 g/mol. The second-order valence-electron chi connectivity index (χ2n) is 4.84. The molecule has 124 valence electrons. The van der Waals surface area contributed by atoms with E-state index in [0.717, 1.165) is 5.56 Å². The number of halogens is 1. The zero-order valence-electron chi connectivity index (χ0n) is 12.6. The molecule has 0 saturated heterocycles. The monoisotopic (exact) mass is 431 g/mol. The van der Waals surface area contributed by atoms with Crippen LogP contribution >= 0.6 is 22.6 Å². The summed E-state index contributed by atoms with van der Waals surface area (Å²) in [6, 6.07) is 8.26. The highest BCUT2D eigenvalue weighted by Gasteiger charge is 2.28. The lowest BCUT2D eigenvalue weighted by Gasteiger charge is -2.22. The quantitative estimate of drug-likeness (QED) is 0.207. The first-order valence-electron chi connectivity index (χ1n) is 6.93. The van der Waals surface area contributed by atoms with E-state index in [4.69, 9.17) is 11.1 Å². The molecule has 1 rings (SSSR count). The summed E-state index contributed by atoms with van der Waals surface area (Å²) in [6.07, 6.45) is 0.226. The fourth-order valence-electron chi connectivity index (χ4n) is 1.97. The van der Waals surface area contributed by atoms with E-state index < -0.39 is 24.0 Å². The maximum Gasteiger partial charge on any atom is 0.259 e. The first kappa shape index (κ1) is 19.3. The van der Waals surface area contributed by atoms with Gasteiger partial charge in [0.2, 0.25) is 5.91 Å². The number of carbonyl (C=O) groups excluding carboxylic acids is 2. The summed E-state index contributed by atoms with van der Waals surface area (Å²) in [5.41, 5.74) is 6.15. The molecule has 0 aliphatic heterocycles. The second kappa shape index (κ2) is 9.38.